The van der Waals surface area contributed by atoms with Gasteiger partial charge in [-0.1, -0.05) is 61.0 Å². The van der Waals surface area contributed by atoms with Gasteiger partial charge in [-0.05, 0) is 63.6 Å². The molecule has 8 heteroatoms. The SMILES string of the molecule is CC[C@@H](C(=O)NC(C)(C)C)N(Cc1ccc(C)cc1)C(=O)CCCN1c2cccc3cccc(c23)S1(=O)=O. The highest BCUT2D eigenvalue weighted by molar-refractivity contribution is 7.93. The quantitative estimate of drug-likeness (QED) is 0.410. The second-order valence-electron chi connectivity index (χ2n) is 11.0. The fourth-order valence-corrected chi connectivity index (χ4v) is 6.73. The van der Waals surface area contributed by atoms with Crippen LogP contribution in [0, 0.1) is 6.92 Å². The predicted octanol–water partition coefficient (Wildman–Crippen LogP) is 5.16. The summed E-state index contributed by atoms with van der Waals surface area (Å²) in [5, 5.41) is 4.62. The first-order valence-electron chi connectivity index (χ1n) is 13.1. The third-order valence-electron chi connectivity index (χ3n) is 6.79. The fourth-order valence-electron chi connectivity index (χ4n) is 4.98. The molecule has 202 valence electrons. The minimum Gasteiger partial charge on any atom is -0.350 e. The Labute approximate surface area is 225 Å². The van der Waals surface area contributed by atoms with Crippen LogP contribution < -0.4 is 9.62 Å². The number of hydrogen-bond acceptors (Lipinski definition) is 4. The number of carbonyl (C=O) groups is 2. The van der Waals surface area contributed by atoms with Crippen molar-refractivity contribution in [3.05, 3.63) is 71.8 Å². The van der Waals surface area contributed by atoms with Crippen LogP contribution in [0.15, 0.2) is 65.6 Å². The summed E-state index contributed by atoms with van der Waals surface area (Å²) in [5.41, 5.74) is 2.28. The molecule has 0 aliphatic carbocycles. The van der Waals surface area contributed by atoms with Crippen molar-refractivity contribution in [1.82, 2.24) is 10.2 Å². The molecule has 3 aromatic rings. The van der Waals surface area contributed by atoms with Crippen molar-refractivity contribution in [2.75, 3.05) is 10.8 Å². The molecule has 0 spiro atoms. The molecule has 1 heterocycles. The van der Waals surface area contributed by atoms with Crippen molar-refractivity contribution in [1.29, 1.82) is 0 Å². The van der Waals surface area contributed by atoms with Gasteiger partial charge in [0.15, 0.2) is 0 Å². The largest absolute Gasteiger partial charge is 0.350 e. The lowest BCUT2D eigenvalue weighted by atomic mass is 10.0. The van der Waals surface area contributed by atoms with Gasteiger partial charge in [-0.2, -0.15) is 0 Å². The Kier molecular flexibility index (Phi) is 7.83. The van der Waals surface area contributed by atoms with E-state index in [-0.39, 0.29) is 24.8 Å². The molecule has 0 saturated carbocycles. The van der Waals surface area contributed by atoms with Crippen molar-refractivity contribution in [2.45, 2.75) is 76.9 Å². The number of carbonyl (C=O) groups excluding carboxylic acids is 2. The van der Waals surface area contributed by atoms with Crippen LogP contribution >= 0.6 is 0 Å². The minimum atomic E-state index is -3.68. The van der Waals surface area contributed by atoms with E-state index in [1.165, 1.54) is 4.31 Å². The molecule has 4 rings (SSSR count). The molecule has 0 saturated heterocycles. The van der Waals surface area contributed by atoms with Gasteiger partial charge in [0.1, 0.15) is 6.04 Å². The van der Waals surface area contributed by atoms with Crippen molar-refractivity contribution in [3.63, 3.8) is 0 Å². The van der Waals surface area contributed by atoms with Crippen LogP contribution in [-0.2, 0) is 26.2 Å². The molecule has 1 aliphatic heterocycles. The predicted molar refractivity (Wildman–Crippen MR) is 151 cm³/mol. The smallest absolute Gasteiger partial charge is 0.265 e. The van der Waals surface area contributed by atoms with Crippen LogP contribution in [0.25, 0.3) is 10.8 Å². The van der Waals surface area contributed by atoms with Gasteiger partial charge in [0.05, 0.1) is 10.6 Å². The van der Waals surface area contributed by atoms with Crippen molar-refractivity contribution in [2.24, 2.45) is 0 Å². The summed E-state index contributed by atoms with van der Waals surface area (Å²) >= 11 is 0. The average Bonchev–Trinajstić information content (AvgIpc) is 3.07. The van der Waals surface area contributed by atoms with Gasteiger partial charge in [-0.15, -0.1) is 0 Å². The molecule has 1 atom stereocenters. The maximum atomic E-state index is 13.6. The monoisotopic (exact) mass is 535 g/mol. The molecule has 2 amide bonds. The van der Waals surface area contributed by atoms with Crippen LogP contribution in [0.2, 0.25) is 0 Å². The summed E-state index contributed by atoms with van der Waals surface area (Å²) in [7, 11) is -3.68. The summed E-state index contributed by atoms with van der Waals surface area (Å²) in [6.45, 7) is 10.1. The average molecular weight is 536 g/mol. The Hall–Kier alpha value is -3.39. The number of nitrogens with one attached hydrogen (secondary N) is 1. The zero-order valence-electron chi connectivity index (χ0n) is 22.8. The molecule has 1 N–H and O–H groups in total. The molecule has 0 fully saturated rings. The fraction of sp³-hybridized carbons (Fsp3) is 0.400. The second-order valence-corrected chi connectivity index (χ2v) is 12.8. The van der Waals surface area contributed by atoms with Gasteiger partial charge in [0.25, 0.3) is 10.0 Å². The number of anilines is 1. The van der Waals surface area contributed by atoms with Crippen LogP contribution in [0.1, 0.15) is 58.1 Å². The summed E-state index contributed by atoms with van der Waals surface area (Å²) < 4.78 is 28.0. The highest BCUT2D eigenvalue weighted by Crippen LogP contribution is 2.42. The van der Waals surface area contributed by atoms with E-state index in [1.54, 1.807) is 17.0 Å². The van der Waals surface area contributed by atoms with E-state index in [0.29, 0.717) is 30.0 Å². The molecular formula is C30H37N3O4S. The molecule has 3 aromatic carbocycles. The second kappa shape index (κ2) is 10.8. The van der Waals surface area contributed by atoms with Crippen molar-refractivity contribution < 1.29 is 18.0 Å². The van der Waals surface area contributed by atoms with Crippen LogP contribution in [-0.4, -0.2) is 43.3 Å². The molecule has 0 radical (unpaired) electrons. The van der Waals surface area contributed by atoms with E-state index < -0.39 is 21.6 Å². The van der Waals surface area contributed by atoms with Gasteiger partial charge in [-0.25, -0.2) is 8.42 Å². The number of amides is 2. The van der Waals surface area contributed by atoms with Crippen molar-refractivity contribution in [3.8, 4) is 0 Å². The first-order chi connectivity index (χ1) is 17.9. The van der Waals surface area contributed by atoms with E-state index >= 15 is 0 Å². The topological polar surface area (TPSA) is 86.8 Å². The molecule has 0 bridgehead atoms. The Morgan fingerprint density at radius 1 is 1.00 bits per heavy atom. The molecule has 38 heavy (non-hydrogen) atoms. The number of nitrogens with zero attached hydrogens (tertiary/aromatic N) is 2. The lowest BCUT2D eigenvalue weighted by molar-refractivity contribution is -0.142. The summed E-state index contributed by atoms with van der Waals surface area (Å²) in [6.07, 6.45) is 0.936. The van der Waals surface area contributed by atoms with Crippen LogP contribution in [0.3, 0.4) is 0 Å². The summed E-state index contributed by atoms with van der Waals surface area (Å²) in [5.74, 6) is -0.362. The Morgan fingerprint density at radius 2 is 1.66 bits per heavy atom. The molecule has 0 unspecified atom stereocenters. The Balaban J connectivity index is 1.53. The highest BCUT2D eigenvalue weighted by atomic mass is 32.2. The van der Waals surface area contributed by atoms with Crippen molar-refractivity contribution >= 4 is 38.3 Å². The van der Waals surface area contributed by atoms with E-state index in [1.807, 2.05) is 83.1 Å². The third kappa shape index (κ3) is 5.70. The maximum absolute atomic E-state index is 13.6. The molecule has 1 aliphatic rings. The lowest BCUT2D eigenvalue weighted by Crippen LogP contribution is -2.53. The standard InChI is InChI=1S/C30H37N3O4S/c1-6-24(29(35)31-30(3,4)5)32(20-22-17-15-21(2)16-18-22)27(34)14-9-19-33-25-12-7-10-23-11-8-13-26(28(23)25)38(33,36)37/h7-8,10-13,15-18,24H,6,9,14,19-20H2,1-5H3,(H,31,35)/t24-/m0/s1. The van der Waals surface area contributed by atoms with Gasteiger partial charge in [-0.3, -0.25) is 13.9 Å². The number of benzene rings is 3. The number of rotatable bonds is 9. The first-order valence-corrected chi connectivity index (χ1v) is 14.6. The number of aryl methyl sites for hydroxylation is 1. The van der Waals surface area contributed by atoms with E-state index in [0.717, 1.165) is 21.9 Å². The van der Waals surface area contributed by atoms with Gasteiger partial charge >= 0.3 is 0 Å². The lowest BCUT2D eigenvalue weighted by Gasteiger charge is -2.33. The number of hydrogen-bond donors (Lipinski definition) is 1. The molecule has 0 aromatic heterocycles. The normalized spacial score (nSPS) is 14.9. The summed E-state index contributed by atoms with van der Waals surface area (Å²) in [4.78, 5) is 28.7. The summed E-state index contributed by atoms with van der Waals surface area (Å²) in [6, 6.07) is 18.2. The van der Waals surface area contributed by atoms with E-state index in [2.05, 4.69) is 5.32 Å². The Bertz CT molecular complexity index is 1440. The van der Waals surface area contributed by atoms with E-state index in [9.17, 15) is 18.0 Å². The third-order valence-corrected chi connectivity index (χ3v) is 8.65. The van der Waals surface area contributed by atoms with Gasteiger partial charge in [0, 0.05) is 30.4 Å². The molecule has 7 nitrogen and oxygen atoms in total. The first kappa shape index (κ1) is 27.6. The highest BCUT2D eigenvalue weighted by Gasteiger charge is 2.36. The zero-order valence-corrected chi connectivity index (χ0v) is 23.6. The molecular weight excluding hydrogens is 498 g/mol. The number of sulfonamides is 1. The van der Waals surface area contributed by atoms with Crippen LogP contribution in [0.5, 0.6) is 0 Å². The van der Waals surface area contributed by atoms with E-state index in [4.69, 9.17) is 0 Å². The van der Waals surface area contributed by atoms with Crippen LogP contribution in [0.4, 0.5) is 5.69 Å². The maximum Gasteiger partial charge on any atom is 0.265 e. The minimum absolute atomic E-state index is 0.128. The van der Waals surface area contributed by atoms with Gasteiger partial charge < -0.3 is 10.2 Å². The zero-order chi connectivity index (χ0) is 27.7. The Morgan fingerprint density at radius 3 is 2.29 bits per heavy atom. The van der Waals surface area contributed by atoms with Gasteiger partial charge in [0.2, 0.25) is 11.8 Å².